The summed E-state index contributed by atoms with van der Waals surface area (Å²) in [6, 6.07) is 7.79. The third kappa shape index (κ3) is 3.73. The van der Waals surface area contributed by atoms with Crippen molar-refractivity contribution >= 4 is 11.7 Å². The second kappa shape index (κ2) is 6.35. The molecule has 0 spiro atoms. The second-order valence-electron chi connectivity index (χ2n) is 7.27. The minimum atomic E-state index is -0.609. The van der Waals surface area contributed by atoms with Gasteiger partial charge in [-0.3, -0.25) is 4.79 Å². The van der Waals surface area contributed by atoms with Crippen LogP contribution in [0.3, 0.4) is 0 Å². The number of pyridine rings is 1. The molecule has 0 amide bonds. The van der Waals surface area contributed by atoms with Crippen LogP contribution in [0.1, 0.15) is 37.6 Å². The van der Waals surface area contributed by atoms with Crippen LogP contribution in [-0.2, 0) is 22.5 Å². The molecule has 0 fully saturated rings. The number of nitrogens with zero attached hydrogens (tertiary/aromatic N) is 1. The first-order valence-corrected chi connectivity index (χ1v) is 8.23. The Kier molecular flexibility index (Phi) is 4.37. The van der Waals surface area contributed by atoms with Gasteiger partial charge in [-0.25, -0.2) is 14.2 Å². The van der Waals surface area contributed by atoms with Gasteiger partial charge >= 0.3 is 5.97 Å². The number of benzene rings is 1. The van der Waals surface area contributed by atoms with Gasteiger partial charge in [-0.15, -0.1) is 0 Å². The highest BCUT2D eigenvalue weighted by Gasteiger charge is 2.30. The summed E-state index contributed by atoms with van der Waals surface area (Å²) in [5.74, 6) is -0.640. The fourth-order valence-corrected chi connectivity index (χ4v) is 2.63. The number of nitrogens with one attached hydrogen (secondary N) is 1. The first-order valence-electron chi connectivity index (χ1n) is 8.23. The van der Waals surface area contributed by atoms with E-state index >= 15 is 0 Å². The maximum atomic E-state index is 13.0. The number of hydrogen-bond acceptors (Lipinski definition) is 4. The summed E-state index contributed by atoms with van der Waals surface area (Å²) in [6.45, 7) is 5.88. The van der Waals surface area contributed by atoms with E-state index in [4.69, 9.17) is 4.84 Å². The lowest BCUT2D eigenvalue weighted by Crippen LogP contribution is -2.32. The molecule has 132 valence electrons. The van der Waals surface area contributed by atoms with Crippen LogP contribution >= 0.6 is 0 Å². The third-order valence-corrected chi connectivity index (χ3v) is 4.12. The normalized spacial score (nSPS) is 13.7. The number of H-pyrrole nitrogens is 1. The maximum absolute atomic E-state index is 13.0. The lowest BCUT2D eigenvalue weighted by Gasteiger charge is -2.23. The van der Waals surface area contributed by atoms with Crippen molar-refractivity contribution in [1.29, 1.82) is 0 Å². The predicted molar refractivity (Wildman–Crippen MR) is 92.9 cm³/mol. The molecule has 1 aromatic heterocycles. The number of carbonyl (C=O) groups is 1. The van der Waals surface area contributed by atoms with Gasteiger partial charge in [-0.05, 0) is 44.5 Å². The molecule has 25 heavy (non-hydrogen) atoms. The Hall–Kier alpha value is -2.63. The molecule has 1 aromatic carbocycles. The SMILES string of the molecule is CC(C)(C)C(=O)ON1CCc2[nH]c(=O)c(Cc3ccc(F)cc3)cc21. The van der Waals surface area contributed by atoms with E-state index in [-0.39, 0.29) is 17.3 Å². The van der Waals surface area contributed by atoms with Gasteiger partial charge in [0.1, 0.15) is 5.82 Å². The highest BCUT2D eigenvalue weighted by atomic mass is 19.1. The summed E-state index contributed by atoms with van der Waals surface area (Å²) >= 11 is 0. The number of anilines is 1. The second-order valence-corrected chi connectivity index (χ2v) is 7.27. The average molecular weight is 344 g/mol. The standard InChI is InChI=1S/C19H21FN2O3/c1-19(2,3)18(24)25-22-9-8-15-16(22)11-13(17(23)21-15)10-12-4-6-14(20)7-5-12/h4-7,11H,8-10H2,1-3H3,(H,21,23). The molecule has 3 rings (SSSR count). The molecule has 1 N–H and O–H groups in total. The van der Waals surface area contributed by atoms with E-state index in [1.54, 1.807) is 39.0 Å². The van der Waals surface area contributed by atoms with Crippen LogP contribution in [0.4, 0.5) is 10.1 Å². The molecule has 0 aliphatic carbocycles. The van der Waals surface area contributed by atoms with Crippen molar-refractivity contribution in [1.82, 2.24) is 4.98 Å². The summed E-state index contributed by atoms with van der Waals surface area (Å²) in [4.78, 5) is 32.8. The zero-order valence-electron chi connectivity index (χ0n) is 14.6. The van der Waals surface area contributed by atoms with Crippen molar-refractivity contribution in [2.45, 2.75) is 33.6 Å². The molecule has 6 heteroatoms. The molecule has 1 aliphatic rings. The highest BCUT2D eigenvalue weighted by molar-refractivity contribution is 5.77. The largest absolute Gasteiger partial charge is 0.340 e. The van der Waals surface area contributed by atoms with Crippen molar-refractivity contribution in [3.63, 3.8) is 0 Å². The summed E-state index contributed by atoms with van der Waals surface area (Å²) in [5, 5.41) is 1.53. The topological polar surface area (TPSA) is 62.4 Å². The van der Waals surface area contributed by atoms with Gasteiger partial charge in [-0.2, -0.15) is 0 Å². The zero-order valence-corrected chi connectivity index (χ0v) is 14.6. The Balaban J connectivity index is 1.86. The van der Waals surface area contributed by atoms with Crippen LogP contribution in [0, 0.1) is 11.2 Å². The number of aromatic amines is 1. The lowest BCUT2D eigenvalue weighted by atomic mass is 9.98. The van der Waals surface area contributed by atoms with E-state index in [2.05, 4.69) is 4.98 Å². The maximum Gasteiger partial charge on any atom is 0.337 e. The molecule has 2 aromatic rings. The zero-order chi connectivity index (χ0) is 18.2. The summed E-state index contributed by atoms with van der Waals surface area (Å²) < 4.78 is 13.0. The Morgan fingerprint density at radius 2 is 1.96 bits per heavy atom. The van der Waals surface area contributed by atoms with E-state index in [0.29, 0.717) is 30.6 Å². The minimum Gasteiger partial charge on any atom is -0.340 e. The molecular formula is C19H21FN2O3. The summed E-state index contributed by atoms with van der Waals surface area (Å²) in [6.07, 6.45) is 0.989. The molecule has 5 nitrogen and oxygen atoms in total. The van der Waals surface area contributed by atoms with E-state index in [9.17, 15) is 14.0 Å². The van der Waals surface area contributed by atoms with Crippen LogP contribution in [0.2, 0.25) is 0 Å². The fourth-order valence-electron chi connectivity index (χ4n) is 2.63. The van der Waals surface area contributed by atoms with Crippen LogP contribution in [0.25, 0.3) is 0 Å². The number of hydroxylamine groups is 1. The molecular weight excluding hydrogens is 323 g/mol. The Labute approximate surface area is 145 Å². The number of halogens is 1. The average Bonchev–Trinajstić information content (AvgIpc) is 2.91. The molecule has 0 unspecified atom stereocenters. The van der Waals surface area contributed by atoms with Crippen molar-refractivity contribution < 1.29 is 14.0 Å². The molecule has 0 bridgehead atoms. The van der Waals surface area contributed by atoms with E-state index < -0.39 is 5.41 Å². The van der Waals surface area contributed by atoms with Gasteiger partial charge in [0, 0.05) is 24.1 Å². The number of carbonyl (C=O) groups excluding carboxylic acids is 1. The van der Waals surface area contributed by atoms with Gasteiger partial charge in [0.2, 0.25) is 0 Å². The van der Waals surface area contributed by atoms with Gasteiger partial charge in [0.15, 0.2) is 0 Å². The van der Waals surface area contributed by atoms with E-state index in [0.717, 1.165) is 11.3 Å². The first kappa shape index (κ1) is 17.2. The lowest BCUT2D eigenvalue weighted by molar-refractivity contribution is -0.154. The Morgan fingerprint density at radius 1 is 1.28 bits per heavy atom. The van der Waals surface area contributed by atoms with Gasteiger partial charge in [0.05, 0.1) is 17.6 Å². The minimum absolute atomic E-state index is 0.174. The Bertz CT molecular complexity index is 850. The van der Waals surface area contributed by atoms with Crippen molar-refractivity contribution in [3.8, 4) is 0 Å². The Morgan fingerprint density at radius 3 is 2.60 bits per heavy atom. The molecule has 0 radical (unpaired) electrons. The van der Waals surface area contributed by atoms with Crippen LogP contribution in [0.15, 0.2) is 35.1 Å². The predicted octanol–water partition coefficient (Wildman–Crippen LogP) is 2.97. The molecule has 0 saturated heterocycles. The van der Waals surface area contributed by atoms with E-state index in [1.807, 2.05) is 0 Å². The quantitative estimate of drug-likeness (QED) is 0.930. The number of hydrogen-bond donors (Lipinski definition) is 1. The van der Waals surface area contributed by atoms with Crippen molar-refractivity contribution in [2.75, 3.05) is 11.6 Å². The van der Waals surface area contributed by atoms with Gasteiger partial charge < -0.3 is 9.82 Å². The van der Waals surface area contributed by atoms with Crippen molar-refractivity contribution in [3.05, 3.63) is 63.3 Å². The highest BCUT2D eigenvalue weighted by Crippen LogP contribution is 2.28. The summed E-state index contributed by atoms with van der Waals surface area (Å²) in [7, 11) is 0. The third-order valence-electron chi connectivity index (χ3n) is 4.12. The number of aromatic nitrogens is 1. The van der Waals surface area contributed by atoms with Crippen LogP contribution in [0.5, 0.6) is 0 Å². The first-order chi connectivity index (χ1) is 11.7. The molecule has 1 aliphatic heterocycles. The van der Waals surface area contributed by atoms with Gasteiger partial charge in [0.25, 0.3) is 5.56 Å². The molecule has 2 heterocycles. The fraction of sp³-hybridized carbons (Fsp3) is 0.368. The number of rotatable bonds is 3. The van der Waals surface area contributed by atoms with Crippen LogP contribution < -0.4 is 10.6 Å². The van der Waals surface area contributed by atoms with E-state index in [1.165, 1.54) is 17.2 Å². The van der Waals surface area contributed by atoms with Gasteiger partial charge in [-0.1, -0.05) is 12.1 Å². The smallest absolute Gasteiger partial charge is 0.337 e. The number of fused-ring (bicyclic) bond motifs is 1. The molecule has 0 saturated carbocycles. The van der Waals surface area contributed by atoms with Crippen molar-refractivity contribution in [2.24, 2.45) is 5.41 Å². The molecule has 0 atom stereocenters. The monoisotopic (exact) mass is 344 g/mol. The van der Waals surface area contributed by atoms with Crippen LogP contribution in [-0.4, -0.2) is 17.5 Å². The summed E-state index contributed by atoms with van der Waals surface area (Å²) in [5.41, 5.74) is 2.06.